The van der Waals surface area contributed by atoms with Gasteiger partial charge in [0.25, 0.3) is 0 Å². The monoisotopic (exact) mass is 326 g/mol. The fourth-order valence-corrected chi connectivity index (χ4v) is 2.09. The van der Waals surface area contributed by atoms with E-state index in [0.717, 1.165) is 31.6 Å². The lowest BCUT2D eigenvalue weighted by atomic mass is 9.89. The minimum Gasteiger partial charge on any atom is -0.463 e. The number of carbonyl (C=O) groups is 1. The van der Waals surface area contributed by atoms with Crippen LogP contribution in [0.15, 0.2) is 36.7 Å². The Hall–Kier alpha value is -1.75. The molecule has 0 radical (unpaired) electrons. The summed E-state index contributed by atoms with van der Waals surface area (Å²) in [6.45, 7) is 10.8. The second-order valence-electron chi connectivity index (χ2n) is 5.63. The van der Waals surface area contributed by atoms with Crippen molar-refractivity contribution >= 4 is 5.97 Å². The highest BCUT2D eigenvalue weighted by Crippen LogP contribution is 2.25. The molecule has 1 rings (SSSR count). The van der Waals surface area contributed by atoms with Crippen LogP contribution in [0.2, 0.25) is 0 Å². The average Bonchev–Trinajstić information content (AvgIpc) is 2.50. The van der Waals surface area contributed by atoms with Crippen molar-refractivity contribution in [3.8, 4) is 0 Å². The molecule has 0 atom stereocenters. The molecular formula is C18H34N2O3. The van der Waals surface area contributed by atoms with Crippen molar-refractivity contribution in [2.24, 2.45) is 17.4 Å². The molecule has 0 aromatic rings. The van der Waals surface area contributed by atoms with E-state index in [1.54, 1.807) is 6.08 Å². The number of nitrogens with two attached hydrogens (primary N) is 2. The Morgan fingerprint density at radius 2 is 1.74 bits per heavy atom. The van der Waals surface area contributed by atoms with Gasteiger partial charge in [0.15, 0.2) is 0 Å². The third-order valence-electron chi connectivity index (χ3n) is 3.30. The van der Waals surface area contributed by atoms with Gasteiger partial charge in [0.2, 0.25) is 0 Å². The van der Waals surface area contributed by atoms with Crippen LogP contribution < -0.4 is 11.5 Å². The van der Waals surface area contributed by atoms with Gasteiger partial charge in [-0.25, -0.2) is 0 Å². The Balaban J connectivity index is 0. The molecule has 1 fully saturated rings. The first-order chi connectivity index (χ1) is 10.8. The van der Waals surface area contributed by atoms with Crippen molar-refractivity contribution in [3.63, 3.8) is 0 Å². The summed E-state index contributed by atoms with van der Waals surface area (Å²) in [6, 6.07) is 0. The molecule has 0 bridgehead atoms. The van der Waals surface area contributed by atoms with Crippen molar-refractivity contribution in [1.29, 1.82) is 0 Å². The summed E-state index contributed by atoms with van der Waals surface area (Å²) in [5.41, 5.74) is 12.3. The van der Waals surface area contributed by atoms with Gasteiger partial charge >= 0.3 is 5.97 Å². The quantitative estimate of drug-likeness (QED) is 0.533. The van der Waals surface area contributed by atoms with E-state index in [0.29, 0.717) is 18.5 Å². The molecule has 0 spiro atoms. The number of aliphatic hydroxyl groups excluding tert-OH is 1. The Morgan fingerprint density at radius 3 is 2.13 bits per heavy atom. The zero-order valence-corrected chi connectivity index (χ0v) is 14.9. The summed E-state index contributed by atoms with van der Waals surface area (Å²) < 4.78 is 5.10. The maximum Gasteiger partial charge on any atom is 0.302 e. The molecule has 0 aromatic heterocycles. The number of carbonyl (C=O) groups excluding carboxylic acids is 1. The standard InChI is InChI=1S/C9H16O2.C8H14N2.CH4O/c1-7-3-5-9(6-4-7)11-8(2)10;1-3-4-8(10)6-5-7(2)9;1-2/h7,9H,3-6H2,1-2H3;3,6H,1-2,4-5,9-10H2;2H,1H3/b;8-6-;. The fourth-order valence-electron chi connectivity index (χ4n) is 2.09. The molecule has 134 valence electrons. The molecule has 5 heteroatoms. The largest absolute Gasteiger partial charge is 0.463 e. The van der Waals surface area contributed by atoms with Gasteiger partial charge in [-0.15, -0.1) is 6.58 Å². The van der Waals surface area contributed by atoms with Gasteiger partial charge in [-0.1, -0.05) is 25.7 Å². The summed E-state index contributed by atoms with van der Waals surface area (Å²) in [4.78, 5) is 10.6. The van der Waals surface area contributed by atoms with Crippen molar-refractivity contribution in [2.45, 2.75) is 58.5 Å². The first-order valence-corrected chi connectivity index (χ1v) is 7.95. The zero-order chi connectivity index (χ0) is 18.3. The van der Waals surface area contributed by atoms with E-state index in [4.69, 9.17) is 21.3 Å². The van der Waals surface area contributed by atoms with Gasteiger partial charge in [0, 0.05) is 38.3 Å². The van der Waals surface area contributed by atoms with Gasteiger partial charge < -0.3 is 21.3 Å². The molecule has 0 aliphatic heterocycles. The van der Waals surface area contributed by atoms with Crippen molar-refractivity contribution < 1.29 is 14.6 Å². The summed E-state index contributed by atoms with van der Waals surface area (Å²) in [7, 11) is 1.00. The summed E-state index contributed by atoms with van der Waals surface area (Å²) in [6.07, 6.45) is 9.71. The smallest absolute Gasteiger partial charge is 0.302 e. The van der Waals surface area contributed by atoms with E-state index in [-0.39, 0.29) is 12.1 Å². The Labute approximate surface area is 141 Å². The van der Waals surface area contributed by atoms with Crippen molar-refractivity contribution in [3.05, 3.63) is 36.7 Å². The van der Waals surface area contributed by atoms with E-state index in [1.807, 2.05) is 6.08 Å². The molecule has 0 aromatic carbocycles. The van der Waals surface area contributed by atoms with Gasteiger partial charge in [0.1, 0.15) is 6.10 Å². The molecule has 1 aliphatic carbocycles. The first kappa shape index (κ1) is 23.5. The maximum absolute atomic E-state index is 10.6. The van der Waals surface area contributed by atoms with Crippen molar-refractivity contribution in [1.82, 2.24) is 0 Å². The molecule has 0 saturated heterocycles. The maximum atomic E-state index is 10.6. The number of rotatable bonds is 5. The predicted molar refractivity (Wildman–Crippen MR) is 96.4 cm³/mol. The molecule has 5 N–H and O–H groups in total. The minimum atomic E-state index is -0.135. The summed E-state index contributed by atoms with van der Waals surface area (Å²) in [5, 5.41) is 7.00. The molecule has 1 saturated carbocycles. The van der Waals surface area contributed by atoms with E-state index < -0.39 is 0 Å². The highest BCUT2D eigenvalue weighted by molar-refractivity contribution is 5.66. The van der Waals surface area contributed by atoms with Crippen LogP contribution in [0, 0.1) is 5.92 Å². The second kappa shape index (κ2) is 15.2. The van der Waals surface area contributed by atoms with Crippen LogP contribution in [0.5, 0.6) is 0 Å². The SMILES string of the molecule is C=CC/C(N)=C/CC(=C)N.CC(=O)OC1CCC(C)CC1.CO. The van der Waals surface area contributed by atoms with Crippen molar-refractivity contribution in [2.75, 3.05) is 7.11 Å². The number of allylic oxidation sites excluding steroid dienone is 2. The summed E-state index contributed by atoms with van der Waals surface area (Å²) >= 11 is 0. The average molecular weight is 326 g/mol. The molecule has 0 amide bonds. The number of esters is 1. The lowest BCUT2D eigenvalue weighted by molar-refractivity contribution is -0.148. The third kappa shape index (κ3) is 16.4. The minimum absolute atomic E-state index is 0.135. The number of hydrogen-bond acceptors (Lipinski definition) is 5. The highest BCUT2D eigenvalue weighted by atomic mass is 16.5. The number of ether oxygens (including phenoxy) is 1. The van der Waals surface area contributed by atoms with Crippen LogP contribution in [0.1, 0.15) is 52.4 Å². The number of aliphatic hydroxyl groups is 1. The normalized spacial score (nSPS) is 20.1. The third-order valence-corrected chi connectivity index (χ3v) is 3.30. The van der Waals surface area contributed by atoms with E-state index in [1.165, 1.54) is 19.8 Å². The number of hydrogen-bond donors (Lipinski definition) is 3. The first-order valence-electron chi connectivity index (χ1n) is 7.95. The summed E-state index contributed by atoms with van der Waals surface area (Å²) in [5.74, 6) is 0.686. The van der Waals surface area contributed by atoms with Gasteiger partial charge in [0.05, 0.1) is 0 Å². The molecule has 23 heavy (non-hydrogen) atoms. The highest BCUT2D eigenvalue weighted by Gasteiger charge is 2.19. The Bertz CT molecular complexity index is 370. The molecule has 5 nitrogen and oxygen atoms in total. The lowest BCUT2D eigenvalue weighted by Gasteiger charge is -2.25. The Morgan fingerprint density at radius 1 is 1.22 bits per heavy atom. The van der Waals surface area contributed by atoms with Gasteiger partial charge in [-0.2, -0.15) is 0 Å². The van der Waals surface area contributed by atoms with Crippen LogP contribution in [0.3, 0.4) is 0 Å². The molecular weight excluding hydrogens is 292 g/mol. The van der Waals surface area contributed by atoms with Crippen LogP contribution in [-0.2, 0) is 9.53 Å². The van der Waals surface area contributed by atoms with Gasteiger partial charge in [-0.05, 0) is 31.6 Å². The van der Waals surface area contributed by atoms with Crippen LogP contribution in [0.25, 0.3) is 0 Å². The zero-order valence-electron chi connectivity index (χ0n) is 14.9. The van der Waals surface area contributed by atoms with E-state index in [9.17, 15) is 4.79 Å². The van der Waals surface area contributed by atoms with Crippen LogP contribution in [0.4, 0.5) is 0 Å². The van der Waals surface area contributed by atoms with E-state index in [2.05, 4.69) is 20.1 Å². The van der Waals surface area contributed by atoms with E-state index >= 15 is 0 Å². The topological polar surface area (TPSA) is 98.6 Å². The fraction of sp³-hybridized carbons (Fsp3) is 0.611. The molecule has 0 unspecified atom stereocenters. The molecule has 1 aliphatic rings. The molecule has 0 heterocycles. The van der Waals surface area contributed by atoms with Crippen LogP contribution >= 0.6 is 0 Å². The van der Waals surface area contributed by atoms with Crippen LogP contribution in [-0.4, -0.2) is 24.3 Å². The predicted octanol–water partition coefficient (Wildman–Crippen LogP) is 3.00. The van der Waals surface area contributed by atoms with Gasteiger partial charge in [-0.3, -0.25) is 4.79 Å². The Kier molecular flexibility index (Phi) is 15.5. The lowest BCUT2D eigenvalue weighted by Crippen LogP contribution is -2.22. The second-order valence-corrected chi connectivity index (χ2v) is 5.63.